The van der Waals surface area contributed by atoms with E-state index in [0.29, 0.717) is 27.7 Å². The number of halogens is 3. The summed E-state index contributed by atoms with van der Waals surface area (Å²) in [4.78, 5) is 14.0. The highest BCUT2D eigenvalue weighted by Gasteiger charge is 2.29. The van der Waals surface area contributed by atoms with Crippen molar-refractivity contribution in [2.45, 2.75) is 19.3 Å². The first-order chi connectivity index (χ1) is 11.9. The summed E-state index contributed by atoms with van der Waals surface area (Å²) in [6.07, 6.45) is 0.792. The first-order valence-electron chi connectivity index (χ1n) is 7.99. The summed E-state index contributed by atoms with van der Waals surface area (Å²) in [5.74, 6) is -1.12. The Morgan fingerprint density at radius 1 is 1.24 bits per heavy atom. The van der Waals surface area contributed by atoms with Gasteiger partial charge in [0.25, 0.3) is 0 Å². The minimum Gasteiger partial charge on any atom is -0.465 e. The lowest BCUT2D eigenvalue weighted by Crippen LogP contribution is -2.19. The SMILES string of the molecule is COC(=O)c1c(C)ccc(C2CCN(c3ccc(Cl)c(Cl)c3)C2)c1F. The van der Waals surface area contributed by atoms with Gasteiger partial charge < -0.3 is 9.64 Å². The number of hydrogen-bond donors (Lipinski definition) is 0. The second-order valence-electron chi connectivity index (χ2n) is 6.18. The number of nitrogens with zero attached hydrogens (tertiary/aromatic N) is 1. The summed E-state index contributed by atoms with van der Waals surface area (Å²) in [6, 6.07) is 9.01. The van der Waals surface area contributed by atoms with Crippen LogP contribution in [-0.2, 0) is 4.74 Å². The number of anilines is 1. The van der Waals surface area contributed by atoms with Crippen LogP contribution in [0.3, 0.4) is 0 Å². The average Bonchev–Trinajstić information content (AvgIpc) is 3.07. The lowest BCUT2D eigenvalue weighted by atomic mass is 9.93. The zero-order valence-corrected chi connectivity index (χ0v) is 15.5. The summed E-state index contributed by atoms with van der Waals surface area (Å²) >= 11 is 12.1. The molecular formula is C19H18Cl2FNO2. The molecule has 1 saturated heterocycles. The predicted molar refractivity (Wildman–Crippen MR) is 98.5 cm³/mol. The molecule has 0 radical (unpaired) electrons. The number of ether oxygens (including phenoxy) is 1. The molecule has 6 heteroatoms. The molecule has 0 saturated carbocycles. The van der Waals surface area contributed by atoms with Crippen LogP contribution in [0.4, 0.5) is 10.1 Å². The Hall–Kier alpha value is -1.78. The highest BCUT2D eigenvalue weighted by molar-refractivity contribution is 6.42. The van der Waals surface area contributed by atoms with Gasteiger partial charge in [-0.05, 0) is 42.7 Å². The molecule has 1 fully saturated rings. The van der Waals surface area contributed by atoms with Crippen molar-refractivity contribution in [2.24, 2.45) is 0 Å². The maximum Gasteiger partial charge on any atom is 0.341 e. The van der Waals surface area contributed by atoms with Gasteiger partial charge in [0, 0.05) is 24.7 Å². The molecule has 1 aliphatic heterocycles. The van der Waals surface area contributed by atoms with Gasteiger partial charge in [-0.1, -0.05) is 35.3 Å². The van der Waals surface area contributed by atoms with Crippen molar-refractivity contribution < 1.29 is 13.9 Å². The Bertz CT molecular complexity index is 825. The van der Waals surface area contributed by atoms with Crippen LogP contribution >= 0.6 is 23.2 Å². The van der Waals surface area contributed by atoms with E-state index in [2.05, 4.69) is 4.90 Å². The quantitative estimate of drug-likeness (QED) is 0.682. The van der Waals surface area contributed by atoms with Crippen molar-refractivity contribution in [3.05, 3.63) is 62.9 Å². The van der Waals surface area contributed by atoms with E-state index in [1.54, 1.807) is 25.1 Å². The molecule has 3 rings (SSSR count). The van der Waals surface area contributed by atoms with Gasteiger partial charge in [-0.25, -0.2) is 9.18 Å². The second kappa shape index (κ2) is 7.22. The van der Waals surface area contributed by atoms with Crippen LogP contribution < -0.4 is 4.90 Å². The first kappa shape index (κ1) is 18.0. The molecule has 2 aromatic rings. The summed E-state index contributed by atoms with van der Waals surface area (Å²) in [5.41, 5.74) is 2.10. The van der Waals surface area contributed by atoms with Crippen molar-refractivity contribution in [2.75, 3.05) is 25.1 Å². The van der Waals surface area contributed by atoms with Crippen LogP contribution in [0.15, 0.2) is 30.3 Å². The smallest absolute Gasteiger partial charge is 0.341 e. The number of hydrogen-bond acceptors (Lipinski definition) is 3. The molecule has 132 valence electrons. The lowest BCUT2D eigenvalue weighted by molar-refractivity contribution is 0.0594. The molecule has 1 atom stereocenters. The van der Waals surface area contributed by atoms with E-state index in [-0.39, 0.29) is 11.5 Å². The molecule has 1 aliphatic rings. The lowest BCUT2D eigenvalue weighted by Gasteiger charge is -2.20. The van der Waals surface area contributed by atoms with Gasteiger partial charge >= 0.3 is 5.97 Å². The molecule has 1 unspecified atom stereocenters. The number of rotatable bonds is 3. The second-order valence-corrected chi connectivity index (χ2v) is 7.00. The summed E-state index contributed by atoms with van der Waals surface area (Å²) in [6.45, 7) is 3.14. The fourth-order valence-electron chi connectivity index (χ4n) is 3.29. The van der Waals surface area contributed by atoms with E-state index in [1.165, 1.54) is 7.11 Å². The van der Waals surface area contributed by atoms with E-state index >= 15 is 0 Å². The van der Waals surface area contributed by atoms with Crippen molar-refractivity contribution in [3.63, 3.8) is 0 Å². The van der Waals surface area contributed by atoms with Gasteiger partial charge in [0.15, 0.2) is 0 Å². The van der Waals surface area contributed by atoms with Crippen LogP contribution in [0.25, 0.3) is 0 Å². The Morgan fingerprint density at radius 2 is 2.00 bits per heavy atom. The largest absolute Gasteiger partial charge is 0.465 e. The van der Waals surface area contributed by atoms with Gasteiger partial charge in [-0.2, -0.15) is 0 Å². The minimum absolute atomic E-state index is 0.00143. The first-order valence-corrected chi connectivity index (χ1v) is 8.75. The summed E-state index contributed by atoms with van der Waals surface area (Å²) in [5, 5.41) is 1.01. The Morgan fingerprint density at radius 3 is 2.68 bits per heavy atom. The fourth-order valence-corrected chi connectivity index (χ4v) is 3.58. The van der Waals surface area contributed by atoms with Crippen molar-refractivity contribution in [1.82, 2.24) is 0 Å². The third-order valence-corrected chi connectivity index (χ3v) is 5.41. The van der Waals surface area contributed by atoms with Gasteiger partial charge in [-0.3, -0.25) is 0 Å². The molecule has 3 nitrogen and oxygen atoms in total. The molecule has 2 aromatic carbocycles. The number of carbonyl (C=O) groups is 1. The average molecular weight is 382 g/mol. The normalized spacial score (nSPS) is 17.0. The van der Waals surface area contributed by atoms with Crippen LogP contribution in [0.2, 0.25) is 10.0 Å². The van der Waals surface area contributed by atoms with Crippen molar-refractivity contribution >= 4 is 34.9 Å². The molecule has 0 spiro atoms. The monoisotopic (exact) mass is 381 g/mol. The van der Waals surface area contributed by atoms with Crippen LogP contribution in [0.5, 0.6) is 0 Å². The molecule has 25 heavy (non-hydrogen) atoms. The van der Waals surface area contributed by atoms with Crippen LogP contribution in [0, 0.1) is 12.7 Å². The number of methoxy groups -OCH3 is 1. The molecule has 0 amide bonds. The standard InChI is InChI=1S/C19H18Cl2FNO2/c1-11-3-5-14(18(22)17(11)19(24)25-2)12-7-8-23(10-12)13-4-6-15(20)16(21)9-13/h3-6,9,12H,7-8,10H2,1-2H3. The predicted octanol–water partition coefficient (Wildman–Crippen LogP) is 5.22. The highest BCUT2D eigenvalue weighted by Crippen LogP contribution is 2.35. The zero-order chi connectivity index (χ0) is 18.1. The van der Waals surface area contributed by atoms with E-state index < -0.39 is 11.8 Å². The Labute approximate surface area is 156 Å². The molecule has 0 aliphatic carbocycles. The zero-order valence-electron chi connectivity index (χ0n) is 14.0. The third kappa shape index (κ3) is 3.46. The Kier molecular flexibility index (Phi) is 5.21. The minimum atomic E-state index is -0.642. The Balaban J connectivity index is 1.87. The van der Waals surface area contributed by atoms with Gasteiger partial charge in [-0.15, -0.1) is 0 Å². The molecule has 1 heterocycles. The molecule has 0 aromatic heterocycles. The number of carbonyl (C=O) groups excluding carboxylic acids is 1. The fraction of sp³-hybridized carbons (Fsp3) is 0.316. The van der Waals surface area contributed by atoms with E-state index in [1.807, 2.05) is 12.1 Å². The summed E-state index contributed by atoms with van der Waals surface area (Å²) < 4.78 is 19.6. The number of aryl methyl sites for hydroxylation is 1. The van der Waals surface area contributed by atoms with Crippen LogP contribution in [-0.4, -0.2) is 26.2 Å². The van der Waals surface area contributed by atoms with Crippen molar-refractivity contribution in [3.8, 4) is 0 Å². The van der Waals surface area contributed by atoms with Crippen LogP contribution in [0.1, 0.15) is 33.8 Å². The number of esters is 1. The highest BCUT2D eigenvalue weighted by atomic mass is 35.5. The van der Waals surface area contributed by atoms with Gasteiger partial charge in [0.1, 0.15) is 5.82 Å². The molecule has 0 bridgehead atoms. The topological polar surface area (TPSA) is 29.5 Å². The van der Waals surface area contributed by atoms with Crippen molar-refractivity contribution in [1.29, 1.82) is 0 Å². The molecular weight excluding hydrogens is 364 g/mol. The third-order valence-electron chi connectivity index (χ3n) is 4.67. The maximum atomic E-state index is 14.9. The maximum absolute atomic E-state index is 14.9. The summed E-state index contributed by atoms with van der Waals surface area (Å²) in [7, 11) is 1.26. The van der Waals surface area contributed by atoms with E-state index in [0.717, 1.165) is 18.7 Å². The van der Waals surface area contributed by atoms with Gasteiger partial charge in [0.2, 0.25) is 0 Å². The van der Waals surface area contributed by atoms with E-state index in [9.17, 15) is 9.18 Å². The van der Waals surface area contributed by atoms with E-state index in [4.69, 9.17) is 27.9 Å². The molecule has 0 N–H and O–H groups in total. The van der Waals surface area contributed by atoms with Gasteiger partial charge in [0.05, 0.1) is 22.7 Å². The number of benzene rings is 2.